The summed E-state index contributed by atoms with van der Waals surface area (Å²) in [6, 6.07) is -0.0602. The number of hydrogen-bond acceptors (Lipinski definition) is 6. The molecule has 7 nitrogen and oxygen atoms in total. The van der Waals surface area contributed by atoms with Crippen molar-refractivity contribution in [3.63, 3.8) is 0 Å². The van der Waals surface area contributed by atoms with E-state index in [4.69, 9.17) is 4.74 Å². The molecule has 1 aliphatic heterocycles. The zero-order chi connectivity index (χ0) is 16.7. The summed E-state index contributed by atoms with van der Waals surface area (Å²) >= 11 is 0. The first kappa shape index (κ1) is 16.7. The Bertz CT molecular complexity index is 695. The largest absolute Gasteiger partial charge is 0.444 e. The smallest absolute Gasteiger partial charge is 0.410 e. The van der Waals surface area contributed by atoms with Crippen molar-refractivity contribution < 1.29 is 17.9 Å². The van der Waals surface area contributed by atoms with Gasteiger partial charge in [-0.25, -0.2) is 23.2 Å². The molecule has 122 valence electrons. The maximum Gasteiger partial charge on any atom is 0.410 e. The van der Waals surface area contributed by atoms with Gasteiger partial charge in [-0.2, -0.15) is 0 Å². The average molecular weight is 327 g/mol. The second-order valence-corrected chi connectivity index (χ2v) is 8.47. The number of amides is 1. The molecular formula is C14H21N3O4S. The molecule has 1 atom stereocenters. The van der Waals surface area contributed by atoms with Gasteiger partial charge in [-0.1, -0.05) is 0 Å². The summed E-state index contributed by atoms with van der Waals surface area (Å²) in [6.07, 6.45) is 2.73. The summed E-state index contributed by atoms with van der Waals surface area (Å²) in [5, 5.41) is -0.218. The van der Waals surface area contributed by atoms with Crippen molar-refractivity contribution in [2.24, 2.45) is 0 Å². The molecule has 0 saturated heterocycles. The van der Waals surface area contributed by atoms with Crippen molar-refractivity contribution in [1.82, 2.24) is 14.9 Å². The topological polar surface area (TPSA) is 89.5 Å². The highest BCUT2D eigenvalue weighted by Gasteiger charge is 2.32. The molecule has 0 bridgehead atoms. The molecule has 0 aliphatic carbocycles. The Morgan fingerprint density at radius 3 is 2.59 bits per heavy atom. The van der Waals surface area contributed by atoms with E-state index >= 15 is 0 Å². The minimum absolute atomic E-state index is 0.0602. The highest BCUT2D eigenvalue weighted by Crippen LogP contribution is 2.24. The van der Waals surface area contributed by atoms with E-state index in [0.717, 1.165) is 11.8 Å². The summed E-state index contributed by atoms with van der Waals surface area (Å²) in [5.41, 5.74) is 0.833. The molecule has 0 aromatic carbocycles. The van der Waals surface area contributed by atoms with E-state index in [1.54, 1.807) is 25.7 Å². The van der Waals surface area contributed by atoms with Gasteiger partial charge in [0.05, 0.1) is 12.2 Å². The fourth-order valence-corrected chi connectivity index (χ4v) is 2.74. The first-order chi connectivity index (χ1) is 9.97. The third kappa shape index (κ3) is 3.73. The lowest BCUT2D eigenvalue weighted by Gasteiger charge is -2.35. The lowest BCUT2D eigenvalue weighted by molar-refractivity contribution is 0.0133. The van der Waals surface area contributed by atoms with Crippen LogP contribution in [-0.4, -0.2) is 47.3 Å². The molecule has 1 amide bonds. The number of carbonyl (C=O) groups excluding carboxylic acids is 1. The number of sulfone groups is 1. The third-order valence-corrected chi connectivity index (χ3v) is 4.12. The molecule has 0 radical (unpaired) electrons. The zero-order valence-corrected chi connectivity index (χ0v) is 14.3. The Morgan fingerprint density at radius 1 is 1.41 bits per heavy atom. The van der Waals surface area contributed by atoms with Gasteiger partial charge >= 0.3 is 6.09 Å². The Balaban J connectivity index is 2.29. The molecule has 1 aromatic heterocycles. The van der Waals surface area contributed by atoms with Crippen LogP contribution in [0.4, 0.5) is 4.79 Å². The predicted octanol–water partition coefficient (Wildman–Crippen LogP) is 1.56. The summed E-state index contributed by atoms with van der Waals surface area (Å²) < 4.78 is 28.5. The first-order valence-electron chi connectivity index (χ1n) is 7.02. The van der Waals surface area contributed by atoms with Crippen LogP contribution in [0.15, 0.2) is 11.4 Å². The second-order valence-electron chi connectivity index (χ2n) is 6.56. The number of ether oxygens (including phenoxy) is 1. The fraction of sp³-hybridized carbons (Fsp3) is 0.643. The van der Waals surface area contributed by atoms with Gasteiger partial charge in [0.15, 0.2) is 0 Å². The van der Waals surface area contributed by atoms with Gasteiger partial charge in [-0.05, 0) is 39.7 Å². The van der Waals surface area contributed by atoms with Gasteiger partial charge in [0.2, 0.25) is 15.0 Å². The molecule has 1 unspecified atom stereocenters. The van der Waals surface area contributed by atoms with Crippen LogP contribution in [0.1, 0.15) is 39.0 Å². The van der Waals surface area contributed by atoms with Crippen molar-refractivity contribution in [1.29, 1.82) is 0 Å². The maximum absolute atomic E-state index is 12.3. The van der Waals surface area contributed by atoms with E-state index < -0.39 is 21.5 Å². The number of rotatable bonds is 1. The number of nitrogens with zero attached hydrogens (tertiary/aromatic N) is 3. The van der Waals surface area contributed by atoms with E-state index in [-0.39, 0.29) is 17.7 Å². The van der Waals surface area contributed by atoms with Crippen molar-refractivity contribution in [2.75, 3.05) is 6.26 Å². The number of carbonyl (C=O) groups is 1. The highest BCUT2D eigenvalue weighted by atomic mass is 32.2. The molecule has 1 aliphatic rings. The van der Waals surface area contributed by atoms with Crippen LogP contribution in [0, 0.1) is 0 Å². The van der Waals surface area contributed by atoms with E-state index in [9.17, 15) is 13.2 Å². The van der Waals surface area contributed by atoms with Gasteiger partial charge in [0.25, 0.3) is 0 Å². The van der Waals surface area contributed by atoms with Crippen LogP contribution in [0.2, 0.25) is 0 Å². The highest BCUT2D eigenvalue weighted by molar-refractivity contribution is 7.90. The second kappa shape index (κ2) is 5.49. The van der Waals surface area contributed by atoms with E-state index in [0.29, 0.717) is 12.1 Å². The number of aromatic nitrogens is 2. The first-order valence-corrected chi connectivity index (χ1v) is 8.91. The molecule has 2 rings (SSSR count). The molecule has 8 heteroatoms. The van der Waals surface area contributed by atoms with Crippen LogP contribution in [-0.2, 0) is 27.5 Å². The van der Waals surface area contributed by atoms with Crippen LogP contribution in [0.3, 0.4) is 0 Å². The van der Waals surface area contributed by atoms with Gasteiger partial charge in [0.1, 0.15) is 5.60 Å². The standard InChI is InChI=1S/C14H21N3O4S/c1-9-6-10-7-15-12(22(5,19)20)16-11(10)8-17(9)13(18)21-14(2,3)4/h7,9H,6,8H2,1-5H3. The summed E-state index contributed by atoms with van der Waals surface area (Å²) in [4.78, 5) is 21.8. The van der Waals surface area contributed by atoms with Crippen LogP contribution >= 0.6 is 0 Å². The normalized spacial score (nSPS) is 18.8. The Morgan fingerprint density at radius 2 is 2.05 bits per heavy atom. The molecule has 2 heterocycles. The van der Waals surface area contributed by atoms with Gasteiger partial charge in [-0.15, -0.1) is 0 Å². The monoisotopic (exact) mass is 327 g/mol. The molecule has 0 N–H and O–H groups in total. The number of fused-ring (bicyclic) bond motifs is 1. The van der Waals surface area contributed by atoms with Crippen LogP contribution in [0.25, 0.3) is 0 Å². The summed E-state index contributed by atoms with van der Waals surface area (Å²) in [5.74, 6) is 0. The van der Waals surface area contributed by atoms with Crippen LogP contribution in [0.5, 0.6) is 0 Å². The van der Waals surface area contributed by atoms with Gasteiger partial charge in [-0.3, -0.25) is 4.90 Å². The quantitative estimate of drug-likeness (QED) is 0.727. The van der Waals surface area contributed by atoms with E-state index in [2.05, 4.69) is 9.97 Å². The van der Waals surface area contributed by atoms with Crippen molar-refractivity contribution in [3.8, 4) is 0 Å². The number of hydrogen-bond donors (Lipinski definition) is 0. The minimum atomic E-state index is -3.47. The van der Waals surface area contributed by atoms with E-state index in [1.165, 1.54) is 6.20 Å². The fourth-order valence-electron chi connectivity index (χ4n) is 2.22. The molecular weight excluding hydrogens is 306 g/mol. The predicted molar refractivity (Wildman–Crippen MR) is 80.1 cm³/mol. The minimum Gasteiger partial charge on any atom is -0.444 e. The van der Waals surface area contributed by atoms with Gasteiger partial charge in [0, 0.05) is 18.5 Å². The van der Waals surface area contributed by atoms with Crippen LogP contribution < -0.4 is 0 Å². The van der Waals surface area contributed by atoms with Crippen molar-refractivity contribution >= 4 is 15.9 Å². The Hall–Kier alpha value is -1.70. The zero-order valence-electron chi connectivity index (χ0n) is 13.5. The summed E-state index contributed by atoms with van der Waals surface area (Å²) in [7, 11) is -3.47. The molecule has 1 aromatic rings. The van der Waals surface area contributed by atoms with Crippen molar-refractivity contribution in [2.45, 2.75) is 57.5 Å². The lowest BCUT2D eigenvalue weighted by Crippen LogP contribution is -2.45. The maximum atomic E-state index is 12.3. The van der Waals surface area contributed by atoms with Gasteiger partial charge < -0.3 is 4.74 Å². The Labute approximate surface area is 130 Å². The lowest BCUT2D eigenvalue weighted by atomic mass is 10.0. The summed E-state index contributed by atoms with van der Waals surface area (Å²) in [6.45, 7) is 7.54. The van der Waals surface area contributed by atoms with E-state index in [1.807, 2.05) is 6.92 Å². The third-order valence-electron chi connectivity index (χ3n) is 3.26. The molecule has 0 fully saturated rings. The Kier molecular flexibility index (Phi) is 4.16. The molecule has 22 heavy (non-hydrogen) atoms. The SMILES string of the molecule is CC1Cc2cnc(S(C)(=O)=O)nc2CN1C(=O)OC(C)(C)C. The molecule has 0 saturated carbocycles. The van der Waals surface area contributed by atoms with Crippen molar-refractivity contribution in [3.05, 3.63) is 17.5 Å². The average Bonchev–Trinajstić information content (AvgIpc) is 2.34. The molecule has 0 spiro atoms.